The Kier molecular flexibility index (Phi) is 2.33. The van der Waals surface area contributed by atoms with Crippen molar-refractivity contribution in [2.24, 2.45) is 0 Å². The minimum Gasteiger partial charge on any atom is -0.0613 e. The van der Waals surface area contributed by atoms with Crippen molar-refractivity contribution in [3.8, 4) is 0 Å². The number of aryl methyl sites for hydroxylation is 2. The molecule has 0 amide bonds. The summed E-state index contributed by atoms with van der Waals surface area (Å²) >= 11 is 0. The first kappa shape index (κ1) is 8.32. The SMILES string of the molecule is CCc1ccc(C)c(C)c1C. The lowest BCUT2D eigenvalue weighted by Crippen LogP contribution is -1.92. The van der Waals surface area contributed by atoms with E-state index in [4.69, 9.17) is 0 Å². The van der Waals surface area contributed by atoms with Crippen LogP contribution in [-0.4, -0.2) is 0 Å². The summed E-state index contributed by atoms with van der Waals surface area (Å²) in [7, 11) is 0. The fraction of sp³-hybridized carbons (Fsp3) is 0.455. The summed E-state index contributed by atoms with van der Waals surface area (Å²) in [6.45, 7) is 8.78. The molecule has 0 spiro atoms. The third-order valence-electron chi connectivity index (χ3n) is 2.55. The van der Waals surface area contributed by atoms with E-state index in [0.717, 1.165) is 6.42 Å². The zero-order chi connectivity index (χ0) is 8.43. The van der Waals surface area contributed by atoms with E-state index in [2.05, 4.69) is 39.8 Å². The van der Waals surface area contributed by atoms with E-state index in [-0.39, 0.29) is 0 Å². The maximum atomic E-state index is 2.23. The van der Waals surface area contributed by atoms with E-state index >= 15 is 0 Å². The lowest BCUT2D eigenvalue weighted by atomic mass is 9.98. The normalized spacial score (nSPS) is 10.2. The van der Waals surface area contributed by atoms with Crippen LogP contribution in [0.15, 0.2) is 12.1 Å². The smallest absolute Gasteiger partial charge is 0.0305 e. The second-order valence-corrected chi connectivity index (χ2v) is 3.15. The Hall–Kier alpha value is -0.780. The van der Waals surface area contributed by atoms with Gasteiger partial charge >= 0.3 is 0 Å². The van der Waals surface area contributed by atoms with E-state index in [1.807, 2.05) is 0 Å². The molecule has 0 aliphatic carbocycles. The minimum absolute atomic E-state index is 1.15. The molecule has 0 saturated carbocycles. The van der Waals surface area contributed by atoms with Crippen LogP contribution in [0, 0.1) is 20.8 Å². The van der Waals surface area contributed by atoms with Crippen molar-refractivity contribution in [3.63, 3.8) is 0 Å². The Morgan fingerprint density at radius 1 is 1.00 bits per heavy atom. The average molecular weight is 148 g/mol. The zero-order valence-corrected chi connectivity index (χ0v) is 7.86. The summed E-state index contributed by atoms with van der Waals surface area (Å²) in [5.41, 5.74) is 5.80. The quantitative estimate of drug-likeness (QED) is 0.574. The van der Waals surface area contributed by atoms with Crippen LogP contribution in [-0.2, 0) is 6.42 Å². The predicted molar refractivity (Wildman–Crippen MR) is 50.0 cm³/mol. The first-order chi connectivity index (χ1) is 5.16. The molecule has 0 unspecified atom stereocenters. The van der Waals surface area contributed by atoms with Crippen molar-refractivity contribution in [3.05, 3.63) is 34.4 Å². The molecule has 0 aromatic heterocycles. The van der Waals surface area contributed by atoms with Crippen LogP contribution >= 0.6 is 0 Å². The van der Waals surface area contributed by atoms with Crippen molar-refractivity contribution in [1.82, 2.24) is 0 Å². The first-order valence-corrected chi connectivity index (χ1v) is 4.22. The zero-order valence-electron chi connectivity index (χ0n) is 7.86. The van der Waals surface area contributed by atoms with E-state index in [1.54, 1.807) is 0 Å². The van der Waals surface area contributed by atoms with Crippen LogP contribution in [0.5, 0.6) is 0 Å². The van der Waals surface area contributed by atoms with E-state index in [9.17, 15) is 0 Å². The van der Waals surface area contributed by atoms with Gasteiger partial charge in [0.05, 0.1) is 0 Å². The van der Waals surface area contributed by atoms with Gasteiger partial charge in [0.15, 0.2) is 0 Å². The number of hydrogen-bond acceptors (Lipinski definition) is 0. The van der Waals surface area contributed by atoms with Gasteiger partial charge in [0, 0.05) is 0 Å². The van der Waals surface area contributed by atoms with Gasteiger partial charge in [-0.15, -0.1) is 0 Å². The summed E-state index contributed by atoms with van der Waals surface area (Å²) in [6.07, 6.45) is 1.15. The third-order valence-corrected chi connectivity index (χ3v) is 2.55. The standard InChI is InChI=1S/C11H16/c1-5-11-7-6-8(2)9(3)10(11)4/h6-7H,5H2,1-4H3. The lowest BCUT2D eigenvalue weighted by molar-refractivity contribution is 1.08. The highest BCUT2D eigenvalue weighted by molar-refractivity contribution is 5.38. The number of benzene rings is 1. The fourth-order valence-electron chi connectivity index (χ4n) is 1.40. The van der Waals surface area contributed by atoms with Gasteiger partial charge in [0.1, 0.15) is 0 Å². The Bertz CT molecular complexity index is 259. The summed E-state index contributed by atoms with van der Waals surface area (Å²) in [6, 6.07) is 4.44. The maximum absolute atomic E-state index is 2.23. The van der Waals surface area contributed by atoms with Crippen LogP contribution in [0.2, 0.25) is 0 Å². The number of rotatable bonds is 1. The van der Waals surface area contributed by atoms with Crippen molar-refractivity contribution in [1.29, 1.82) is 0 Å². The molecule has 0 saturated heterocycles. The van der Waals surface area contributed by atoms with Crippen LogP contribution in [0.3, 0.4) is 0 Å². The number of hydrogen-bond donors (Lipinski definition) is 0. The van der Waals surface area contributed by atoms with E-state index < -0.39 is 0 Å². The second-order valence-electron chi connectivity index (χ2n) is 3.15. The monoisotopic (exact) mass is 148 g/mol. The molecule has 0 heterocycles. The van der Waals surface area contributed by atoms with Gasteiger partial charge in [-0.25, -0.2) is 0 Å². The summed E-state index contributed by atoms with van der Waals surface area (Å²) in [5.74, 6) is 0. The van der Waals surface area contributed by atoms with Crippen LogP contribution < -0.4 is 0 Å². The van der Waals surface area contributed by atoms with Crippen molar-refractivity contribution in [2.75, 3.05) is 0 Å². The molecule has 0 N–H and O–H groups in total. The van der Waals surface area contributed by atoms with E-state index in [0.29, 0.717) is 0 Å². The Morgan fingerprint density at radius 2 is 1.64 bits per heavy atom. The summed E-state index contributed by atoms with van der Waals surface area (Å²) in [4.78, 5) is 0. The van der Waals surface area contributed by atoms with Crippen molar-refractivity contribution in [2.45, 2.75) is 34.1 Å². The van der Waals surface area contributed by atoms with Crippen LogP contribution in [0.1, 0.15) is 29.2 Å². The Balaban J connectivity index is 3.25. The average Bonchev–Trinajstić information content (AvgIpc) is 2.01. The van der Waals surface area contributed by atoms with Crippen LogP contribution in [0.4, 0.5) is 0 Å². The van der Waals surface area contributed by atoms with Gasteiger partial charge in [-0.1, -0.05) is 19.1 Å². The van der Waals surface area contributed by atoms with Crippen molar-refractivity contribution >= 4 is 0 Å². The summed E-state index contributed by atoms with van der Waals surface area (Å²) < 4.78 is 0. The highest BCUT2D eigenvalue weighted by Crippen LogP contribution is 2.16. The molecule has 0 aliphatic heterocycles. The lowest BCUT2D eigenvalue weighted by Gasteiger charge is -2.08. The van der Waals surface area contributed by atoms with Gasteiger partial charge in [-0.05, 0) is 49.4 Å². The van der Waals surface area contributed by atoms with Gasteiger partial charge in [0.25, 0.3) is 0 Å². The van der Waals surface area contributed by atoms with Gasteiger partial charge in [-0.2, -0.15) is 0 Å². The summed E-state index contributed by atoms with van der Waals surface area (Å²) in [5, 5.41) is 0. The van der Waals surface area contributed by atoms with Gasteiger partial charge < -0.3 is 0 Å². The first-order valence-electron chi connectivity index (χ1n) is 4.22. The molecular weight excluding hydrogens is 132 g/mol. The minimum atomic E-state index is 1.15. The molecule has 1 aromatic carbocycles. The van der Waals surface area contributed by atoms with Gasteiger partial charge in [-0.3, -0.25) is 0 Å². The molecular formula is C11H16. The second kappa shape index (κ2) is 3.08. The highest BCUT2D eigenvalue weighted by atomic mass is 14.1. The Morgan fingerprint density at radius 3 is 2.18 bits per heavy atom. The molecule has 0 fully saturated rings. The molecule has 0 heteroatoms. The molecule has 0 nitrogen and oxygen atoms in total. The molecule has 0 aliphatic rings. The third kappa shape index (κ3) is 1.45. The van der Waals surface area contributed by atoms with Crippen molar-refractivity contribution < 1.29 is 0 Å². The molecule has 0 atom stereocenters. The molecule has 0 radical (unpaired) electrons. The molecule has 1 rings (SSSR count). The van der Waals surface area contributed by atoms with E-state index in [1.165, 1.54) is 22.3 Å². The Labute approximate surface area is 69.3 Å². The molecule has 11 heavy (non-hydrogen) atoms. The van der Waals surface area contributed by atoms with Gasteiger partial charge in [0.2, 0.25) is 0 Å². The highest BCUT2D eigenvalue weighted by Gasteiger charge is 2.00. The molecule has 60 valence electrons. The van der Waals surface area contributed by atoms with Crippen LogP contribution in [0.25, 0.3) is 0 Å². The largest absolute Gasteiger partial charge is 0.0613 e. The maximum Gasteiger partial charge on any atom is -0.0305 e. The fourth-order valence-corrected chi connectivity index (χ4v) is 1.40. The molecule has 0 bridgehead atoms. The molecule has 1 aromatic rings. The predicted octanol–water partition coefficient (Wildman–Crippen LogP) is 3.17. The topological polar surface area (TPSA) is 0 Å².